The zero-order chi connectivity index (χ0) is 20.8. The predicted octanol–water partition coefficient (Wildman–Crippen LogP) is 0.858. The van der Waals surface area contributed by atoms with Gasteiger partial charge in [0.2, 0.25) is 11.8 Å². The van der Waals surface area contributed by atoms with Crippen LogP contribution < -0.4 is 5.32 Å². The number of sulfone groups is 1. The van der Waals surface area contributed by atoms with Crippen molar-refractivity contribution in [3.63, 3.8) is 0 Å². The maximum atomic E-state index is 12.6. The van der Waals surface area contributed by atoms with E-state index < -0.39 is 15.8 Å². The molecule has 2 aromatic rings. The third-order valence-electron chi connectivity index (χ3n) is 5.42. The number of aromatic nitrogens is 3. The van der Waals surface area contributed by atoms with Crippen LogP contribution in [0.5, 0.6) is 0 Å². The number of carbonyl (C=O) groups is 2. The molecule has 4 rings (SSSR count). The molecule has 2 saturated heterocycles. The number of rotatable bonds is 4. The fraction of sp³-hybridized carbons (Fsp3) is 0.474. The number of aryl methyl sites for hydroxylation is 2. The van der Waals surface area contributed by atoms with Gasteiger partial charge < -0.3 is 10.2 Å². The van der Waals surface area contributed by atoms with Crippen molar-refractivity contribution >= 4 is 27.3 Å². The van der Waals surface area contributed by atoms with Crippen molar-refractivity contribution in [1.29, 1.82) is 0 Å². The monoisotopic (exact) mass is 417 g/mol. The van der Waals surface area contributed by atoms with E-state index in [0.717, 1.165) is 11.4 Å². The van der Waals surface area contributed by atoms with Crippen molar-refractivity contribution in [2.75, 3.05) is 23.4 Å². The maximum absolute atomic E-state index is 12.6. The zero-order valence-electron chi connectivity index (χ0n) is 16.3. The third-order valence-corrected chi connectivity index (χ3v) is 7.17. The number of amides is 2. The summed E-state index contributed by atoms with van der Waals surface area (Å²) in [6.45, 7) is 4.10. The molecule has 10 heteroatoms. The normalized spacial score (nSPS) is 23.5. The molecule has 29 heavy (non-hydrogen) atoms. The second kappa shape index (κ2) is 7.25. The maximum Gasteiger partial charge on any atom is 0.229 e. The van der Waals surface area contributed by atoms with E-state index in [1.807, 2.05) is 19.9 Å². The summed E-state index contributed by atoms with van der Waals surface area (Å²) in [5, 5.41) is 7.18. The average molecular weight is 417 g/mol. The molecular formula is C19H23N5O4S. The first-order valence-corrected chi connectivity index (χ1v) is 11.3. The van der Waals surface area contributed by atoms with Gasteiger partial charge in [-0.3, -0.25) is 9.59 Å². The Kier molecular flexibility index (Phi) is 4.89. The minimum Gasteiger partial charge on any atom is -0.338 e. The summed E-state index contributed by atoms with van der Waals surface area (Å²) in [7, 11) is -3.08. The lowest BCUT2D eigenvalue weighted by Gasteiger charge is -2.22. The first kappa shape index (κ1) is 19.6. The Labute approximate surface area is 169 Å². The molecule has 0 spiro atoms. The highest BCUT2D eigenvalue weighted by Crippen LogP contribution is 2.27. The molecule has 154 valence electrons. The standard InChI is InChI=1S/C19H23N5O4S/c1-12-7-13(2)24(22-12)17-4-3-15(9-20-17)21-19(26)14-8-18(25)23(10-14)16-5-6-29(27,28)11-16/h3-4,7,9,14,16H,5-6,8,10-11H2,1-2H3,(H,21,26)/t14-,16+/m1/s1. The summed E-state index contributed by atoms with van der Waals surface area (Å²) >= 11 is 0. The molecule has 0 bridgehead atoms. The second-order valence-corrected chi connectivity index (χ2v) is 9.97. The highest BCUT2D eigenvalue weighted by atomic mass is 32.2. The van der Waals surface area contributed by atoms with Crippen LogP contribution in [0.15, 0.2) is 24.4 Å². The van der Waals surface area contributed by atoms with Crippen molar-refractivity contribution in [1.82, 2.24) is 19.7 Å². The molecule has 0 aromatic carbocycles. The molecule has 2 fully saturated rings. The SMILES string of the molecule is Cc1cc(C)n(-c2ccc(NC(=O)[C@@H]3CC(=O)N([C@H]4CCS(=O)(=O)C4)C3)cn2)n1. The smallest absolute Gasteiger partial charge is 0.229 e. The van der Waals surface area contributed by atoms with Crippen LogP contribution in [0, 0.1) is 19.8 Å². The lowest BCUT2D eigenvalue weighted by Crippen LogP contribution is -2.38. The molecule has 4 heterocycles. The van der Waals surface area contributed by atoms with Crippen molar-refractivity contribution in [2.45, 2.75) is 32.7 Å². The number of likely N-dealkylation sites (tertiary alicyclic amines) is 1. The summed E-state index contributed by atoms with van der Waals surface area (Å²) in [5.41, 5.74) is 2.40. The van der Waals surface area contributed by atoms with Gasteiger partial charge in [-0.2, -0.15) is 5.10 Å². The van der Waals surface area contributed by atoms with E-state index in [2.05, 4.69) is 15.4 Å². The number of anilines is 1. The molecule has 0 saturated carbocycles. The first-order chi connectivity index (χ1) is 13.7. The van der Waals surface area contributed by atoms with Gasteiger partial charge in [0.1, 0.15) is 0 Å². The molecule has 9 nitrogen and oxygen atoms in total. The van der Waals surface area contributed by atoms with Crippen LogP contribution in [0.1, 0.15) is 24.2 Å². The van der Waals surface area contributed by atoms with Crippen LogP contribution in [-0.2, 0) is 19.4 Å². The van der Waals surface area contributed by atoms with Crippen LogP contribution in [-0.4, -0.2) is 64.0 Å². The highest BCUT2D eigenvalue weighted by Gasteiger charge is 2.41. The van der Waals surface area contributed by atoms with Crippen LogP contribution in [0.2, 0.25) is 0 Å². The molecule has 2 atom stereocenters. The summed E-state index contributed by atoms with van der Waals surface area (Å²) in [4.78, 5) is 30.8. The van der Waals surface area contributed by atoms with Crippen LogP contribution in [0.25, 0.3) is 5.82 Å². The van der Waals surface area contributed by atoms with Gasteiger partial charge >= 0.3 is 0 Å². The number of carbonyl (C=O) groups excluding carboxylic acids is 2. The quantitative estimate of drug-likeness (QED) is 0.789. The van der Waals surface area contributed by atoms with E-state index in [4.69, 9.17) is 0 Å². The van der Waals surface area contributed by atoms with Crippen molar-refractivity contribution in [3.8, 4) is 5.82 Å². The van der Waals surface area contributed by atoms with Crippen molar-refractivity contribution < 1.29 is 18.0 Å². The Morgan fingerprint density at radius 1 is 1.28 bits per heavy atom. The molecule has 2 aromatic heterocycles. The Morgan fingerprint density at radius 2 is 2.07 bits per heavy atom. The van der Waals surface area contributed by atoms with E-state index in [-0.39, 0.29) is 42.3 Å². The number of nitrogens with zero attached hydrogens (tertiary/aromatic N) is 4. The lowest BCUT2D eigenvalue weighted by atomic mass is 10.1. The molecule has 2 amide bonds. The van der Waals surface area contributed by atoms with E-state index >= 15 is 0 Å². The lowest BCUT2D eigenvalue weighted by molar-refractivity contribution is -0.129. The summed E-state index contributed by atoms with van der Waals surface area (Å²) in [6, 6.07) is 5.15. The van der Waals surface area contributed by atoms with Gasteiger partial charge in [0.05, 0.1) is 35.0 Å². The number of nitrogens with one attached hydrogen (secondary N) is 1. The van der Waals surface area contributed by atoms with E-state index in [0.29, 0.717) is 17.9 Å². The van der Waals surface area contributed by atoms with Gasteiger partial charge in [-0.15, -0.1) is 0 Å². The van der Waals surface area contributed by atoms with Crippen LogP contribution in [0.3, 0.4) is 0 Å². The van der Waals surface area contributed by atoms with Crippen molar-refractivity contribution in [2.24, 2.45) is 5.92 Å². The minimum absolute atomic E-state index is 0.00915. The first-order valence-electron chi connectivity index (χ1n) is 9.52. The Hall–Kier alpha value is -2.75. The topological polar surface area (TPSA) is 114 Å². The fourth-order valence-corrected chi connectivity index (χ4v) is 5.70. The summed E-state index contributed by atoms with van der Waals surface area (Å²) < 4.78 is 25.1. The Morgan fingerprint density at radius 3 is 2.66 bits per heavy atom. The van der Waals surface area contributed by atoms with Gasteiger partial charge in [0.15, 0.2) is 15.7 Å². The van der Waals surface area contributed by atoms with Crippen LogP contribution >= 0.6 is 0 Å². The highest BCUT2D eigenvalue weighted by molar-refractivity contribution is 7.91. The molecule has 0 radical (unpaired) electrons. The van der Waals surface area contributed by atoms with Gasteiger partial charge in [-0.1, -0.05) is 0 Å². The summed E-state index contributed by atoms with van der Waals surface area (Å²) in [6.07, 6.45) is 2.10. The molecule has 2 aliphatic rings. The van der Waals surface area contributed by atoms with E-state index in [1.165, 1.54) is 0 Å². The third kappa shape index (κ3) is 4.02. The number of hydrogen-bond donors (Lipinski definition) is 1. The van der Waals surface area contributed by atoms with Crippen LogP contribution in [0.4, 0.5) is 5.69 Å². The Bertz CT molecular complexity index is 1060. The summed E-state index contributed by atoms with van der Waals surface area (Å²) in [5.74, 6) is -0.177. The second-order valence-electron chi connectivity index (χ2n) is 7.74. The average Bonchev–Trinajstić information content (AvgIpc) is 3.32. The zero-order valence-corrected chi connectivity index (χ0v) is 17.1. The van der Waals surface area contributed by atoms with Gasteiger partial charge in [0, 0.05) is 24.7 Å². The van der Waals surface area contributed by atoms with Gasteiger partial charge in [0.25, 0.3) is 0 Å². The minimum atomic E-state index is -3.08. The molecular weight excluding hydrogens is 394 g/mol. The fourth-order valence-electron chi connectivity index (χ4n) is 3.97. The molecule has 0 aliphatic carbocycles. The number of hydrogen-bond acceptors (Lipinski definition) is 6. The predicted molar refractivity (Wildman–Crippen MR) is 106 cm³/mol. The van der Waals surface area contributed by atoms with E-state index in [1.54, 1.807) is 27.9 Å². The molecule has 2 aliphatic heterocycles. The Balaban J connectivity index is 1.39. The van der Waals surface area contributed by atoms with E-state index in [9.17, 15) is 18.0 Å². The van der Waals surface area contributed by atoms with Gasteiger partial charge in [-0.05, 0) is 38.5 Å². The van der Waals surface area contributed by atoms with Gasteiger partial charge in [-0.25, -0.2) is 18.1 Å². The molecule has 1 N–H and O–H groups in total. The molecule has 0 unspecified atom stereocenters. The largest absolute Gasteiger partial charge is 0.338 e. The number of pyridine rings is 1. The van der Waals surface area contributed by atoms with Crippen molar-refractivity contribution in [3.05, 3.63) is 35.8 Å².